The molecule has 1 aliphatic carbocycles. The maximum Gasteiger partial charge on any atom is 0.152 e. The lowest BCUT2D eigenvalue weighted by atomic mass is 9.93. The van der Waals surface area contributed by atoms with E-state index in [9.17, 15) is 10.2 Å². The molecule has 0 unspecified atom stereocenters. The smallest absolute Gasteiger partial charge is 0.152 e. The molecule has 5 N–H and O–H groups in total. The van der Waals surface area contributed by atoms with E-state index in [0.29, 0.717) is 34.3 Å². The van der Waals surface area contributed by atoms with Crippen LogP contribution in [0.4, 0.5) is 11.6 Å². The number of fused-ring (bicyclic) bond motifs is 2. The second kappa shape index (κ2) is 9.77. The van der Waals surface area contributed by atoms with Crippen LogP contribution in [0.25, 0.3) is 27.7 Å². The first-order valence-corrected chi connectivity index (χ1v) is 13.5. The van der Waals surface area contributed by atoms with Crippen molar-refractivity contribution >= 4 is 28.1 Å². The van der Waals surface area contributed by atoms with Gasteiger partial charge in [-0.25, -0.2) is 14.5 Å². The number of nitrogens with two attached hydrogens (primary N) is 1. The van der Waals surface area contributed by atoms with Crippen molar-refractivity contribution < 1.29 is 24.1 Å². The van der Waals surface area contributed by atoms with Crippen molar-refractivity contribution in [2.75, 3.05) is 17.7 Å². The highest BCUT2D eigenvalue weighted by Crippen LogP contribution is 2.39. The SMILES string of the molecule is Cc1ccc(-c2cc([C@@H]3O[C@H](COc4ccc5ccc(NC6CCC6)nc5c4)[C@@H](O)[C@H]3O)n3ncnc(N)c23)o1. The number of hydrogen-bond acceptors (Lipinski definition) is 10. The fourth-order valence-corrected chi connectivity index (χ4v) is 5.40. The minimum atomic E-state index is -1.22. The lowest BCUT2D eigenvalue weighted by molar-refractivity contribution is -0.0187. The molecule has 1 aliphatic heterocycles. The molecule has 0 radical (unpaired) electrons. The van der Waals surface area contributed by atoms with E-state index in [1.54, 1.807) is 10.6 Å². The fourth-order valence-electron chi connectivity index (χ4n) is 5.40. The normalized spacial score (nSPS) is 23.1. The lowest BCUT2D eigenvalue weighted by Crippen LogP contribution is -2.34. The van der Waals surface area contributed by atoms with E-state index in [4.69, 9.17) is 24.6 Å². The van der Waals surface area contributed by atoms with Gasteiger partial charge in [-0.1, -0.05) is 0 Å². The molecule has 1 saturated carbocycles. The van der Waals surface area contributed by atoms with E-state index in [1.165, 1.54) is 25.6 Å². The Morgan fingerprint density at radius 2 is 1.95 bits per heavy atom. The van der Waals surface area contributed by atoms with E-state index in [-0.39, 0.29) is 12.4 Å². The Morgan fingerprint density at radius 3 is 2.73 bits per heavy atom. The van der Waals surface area contributed by atoms with Crippen molar-refractivity contribution in [3.8, 4) is 17.1 Å². The number of anilines is 2. The van der Waals surface area contributed by atoms with Crippen LogP contribution in [0, 0.1) is 6.92 Å². The van der Waals surface area contributed by atoms with Crippen molar-refractivity contribution in [2.24, 2.45) is 0 Å². The Kier molecular flexibility index (Phi) is 6.06. The number of pyridine rings is 1. The van der Waals surface area contributed by atoms with Gasteiger partial charge in [-0.2, -0.15) is 5.10 Å². The summed E-state index contributed by atoms with van der Waals surface area (Å²) in [4.78, 5) is 8.86. The average molecular weight is 543 g/mol. The van der Waals surface area contributed by atoms with Crippen LogP contribution in [0.15, 0.2) is 59.3 Å². The molecule has 0 bridgehead atoms. The maximum atomic E-state index is 11.0. The first kappa shape index (κ1) is 24.8. The summed E-state index contributed by atoms with van der Waals surface area (Å²) >= 11 is 0. The number of aliphatic hydroxyl groups excluding tert-OH is 2. The van der Waals surface area contributed by atoms with E-state index in [1.807, 2.05) is 49.4 Å². The summed E-state index contributed by atoms with van der Waals surface area (Å²) in [6.45, 7) is 1.88. The quantitative estimate of drug-likeness (QED) is 0.240. The predicted octanol–water partition coefficient (Wildman–Crippen LogP) is 3.63. The van der Waals surface area contributed by atoms with Gasteiger partial charge in [-0.05, 0) is 68.7 Å². The summed E-state index contributed by atoms with van der Waals surface area (Å²) in [6.07, 6.45) is 0.866. The summed E-state index contributed by atoms with van der Waals surface area (Å²) in [5.41, 5.74) is 8.73. The van der Waals surface area contributed by atoms with Crippen LogP contribution in [-0.2, 0) is 4.74 Å². The molecule has 4 aromatic heterocycles. The summed E-state index contributed by atoms with van der Waals surface area (Å²) in [5.74, 6) is 3.04. The van der Waals surface area contributed by atoms with Gasteiger partial charge in [0.2, 0.25) is 0 Å². The summed E-state index contributed by atoms with van der Waals surface area (Å²) < 4.78 is 19.6. The van der Waals surface area contributed by atoms with Crippen molar-refractivity contribution in [2.45, 2.75) is 56.6 Å². The van der Waals surface area contributed by atoms with Gasteiger partial charge < -0.3 is 35.2 Å². The number of nitrogens with one attached hydrogen (secondary N) is 1. The Balaban J connectivity index is 1.11. The number of benzene rings is 1. The zero-order valence-corrected chi connectivity index (χ0v) is 21.9. The van der Waals surface area contributed by atoms with Crippen LogP contribution >= 0.6 is 0 Å². The monoisotopic (exact) mass is 542 g/mol. The molecule has 5 heterocycles. The van der Waals surface area contributed by atoms with Crippen molar-refractivity contribution in [3.63, 3.8) is 0 Å². The van der Waals surface area contributed by atoms with Gasteiger partial charge in [-0.3, -0.25) is 0 Å². The van der Waals surface area contributed by atoms with Gasteiger partial charge in [0.05, 0.1) is 11.2 Å². The van der Waals surface area contributed by atoms with Crippen molar-refractivity contribution in [1.29, 1.82) is 0 Å². The minimum absolute atomic E-state index is 0.0327. The number of rotatable bonds is 7. The molecule has 40 heavy (non-hydrogen) atoms. The Bertz CT molecular complexity index is 1700. The number of nitrogens with zero attached hydrogens (tertiary/aromatic N) is 4. The van der Waals surface area contributed by atoms with Crippen LogP contribution in [-0.4, -0.2) is 60.8 Å². The zero-order chi connectivity index (χ0) is 27.4. The highest BCUT2D eigenvalue weighted by atomic mass is 16.6. The second-order valence-electron chi connectivity index (χ2n) is 10.5. The second-order valence-corrected chi connectivity index (χ2v) is 10.5. The molecule has 1 aromatic carbocycles. The summed E-state index contributed by atoms with van der Waals surface area (Å²) in [5, 5.41) is 30.7. The molecule has 2 fully saturated rings. The number of aromatic nitrogens is 4. The molecular weight excluding hydrogens is 512 g/mol. The number of aryl methyl sites for hydroxylation is 1. The first-order chi connectivity index (χ1) is 19.4. The molecule has 1 saturated heterocycles. The van der Waals surface area contributed by atoms with E-state index in [0.717, 1.165) is 22.5 Å². The standard InChI is InChI=1S/C29H30N6O5/c1-15-5-9-22(39-15)19-12-21(35-25(19)29(30)31-14-32-35)28-27(37)26(36)23(40-28)13-38-18-8-6-16-7-10-24(34-20(16)11-18)33-17-3-2-4-17/h5-12,14,17,23,26-28,36-37H,2-4,13H2,1H3,(H,33,34)(H2,30,31,32)/t23-,26-,27-,28+/m1/s1. The third-order valence-electron chi connectivity index (χ3n) is 7.81. The Hall–Kier alpha value is -4.19. The third-order valence-corrected chi connectivity index (χ3v) is 7.81. The highest BCUT2D eigenvalue weighted by molar-refractivity contribution is 5.86. The molecular formula is C29H30N6O5. The topological polar surface area (TPSA) is 153 Å². The molecule has 4 atom stereocenters. The van der Waals surface area contributed by atoms with Crippen LogP contribution in [0.1, 0.15) is 36.8 Å². The van der Waals surface area contributed by atoms with E-state index >= 15 is 0 Å². The average Bonchev–Trinajstić information content (AvgIpc) is 3.61. The summed E-state index contributed by atoms with van der Waals surface area (Å²) in [7, 11) is 0. The molecule has 2 aliphatic rings. The largest absolute Gasteiger partial charge is 0.491 e. The molecule has 5 aromatic rings. The minimum Gasteiger partial charge on any atom is -0.491 e. The van der Waals surface area contributed by atoms with E-state index in [2.05, 4.69) is 15.4 Å². The molecule has 11 nitrogen and oxygen atoms in total. The molecule has 206 valence electrons. The van der Waals surface area contributed by atoms with Gasteiger partial charge in [0, 0.05) is 23.1 Å². The molecule has 0 spiro atoms. The van der Waals surface area contributed by atoms with Crippen LogP contribution in [0.2, 0.25) is 0 Å². The van der Waals surface area contributed by atoms with Crippen LogP contribution < -0.4 is 15.8 Å². The first-order valence-electron chi connectivity index (χ1n) is 13.5. The number of nitrogen functional groups attached to an aromatic ring is 1. The number of hydrogen-bond donors (Lipinski definition) is 4. The molecule has 11 heteroatoms. The third kappa shape index (κ3) is 4.32. The zero-order valence-electron chi connectivity index (χ0n) is 21.9. The Labute approximate surface area is 229 Å². The number of furan rings is 1. The molecule has 0 amide bonds. The van der Waals surface area contributed by atoms with Gasteiger partial charge in [-0.15, -0.1) is 0 Å². The summed E-state index contributed by atoms with van der Waals surface area (Å²) in [6, 6.07) is 15.7. The van der Waals surface area contributed by atoms with E-state index < -0.39 is 24.4 Å². The van der Waals surface area contributed by atoms with Crippen molar-refractivity contribution in [3.05, 3.63) is 66.3 Å². The highest BCUT2D eigenvalue weighted by Gasteiger charge is 2.45. The Morgan fingerprint density at radius 1 is 1.10 bits per heavy atom. The van der Waals surface area contributed by atoms with Crippen molar-refractivity contribution in [1.82, 2.24) is 19.6 Å². The van der Waals surface area contributed by atoms with Gasteiger partial charge in [0.15, 0.2) is 5.82 Å². The van der Waals surface area contributed by atoms with Crippen LogP contribution in [0.5, 0.6) is 5.75 Å². The maximum absolute atomic E-state index is 11.0. The fraction of sp³-hybridized carbons (Fsp3) is 0.345. The predicted molar refractivity (Wildman–Crippen MR) is 148 cm³/mol. The molecule has 7 rings (SSSR count). The van der Waals surface area contributed by atoms with Crippen LogP contribution in [0.3, 0.4) is 0 Å². The van der Waals surface area contributed by atoms with Gasteiger partial charge in [0.1, 0.15) is 66.0 Å². The number of aliphatic hydroxyl groups is 2. The van der Waals surface area contributed by atoms with Gasteiger partial charge >= 0.3 is 0 Å². The van der Waals surface area contributed by atoms with Gasteiger partial charge in [0.25, 0.3) is 0 Å². The number of ether oxygens (including phenoxy) is 2. The lowest BCUT2D eigenvalue weighted by Gasteiger charge is -2.26.